The molecule has 2 aliphatic rings. The summed E-state index contributed by atoms with van der Waals surface area (Å²) in [7, 11) is -2.37. The van der Waals surface area contributed by atoms with E-state index in [0.717, 1.165) is 24.6 Å². The van der Waals surface area contributed by atoms with Crippen LogP contribution >= 0.6 is 10.6 Å². The minimum atomic E-state index is -2.37. The molecule has 21 heavy (non-hydrogen) atoms. The van der Waals surface area contributed by atoms with Crippen LogP contribution in [0.1, 0.15) is 0 Å². The maximum absolute atomic E-state index is 9.66. The van der Waals surface area contributed by atoms with Gasteiger partial charge in [-0.1, -0.05) is 0 Å². The number of nitrogen functional groups attached to an aromatic ring is 1. The number of hydrogen-bond donors (Lipinski definition) is 3. The number of ether oxygens (including phenoxy) is 1. The van der Waals surface area contributed by atoms with Crippen molar-refractivity contribution in [1.29, 1.82) is 0 Å². The predicted octanol–water partition coefficient (Wildman–Crippen LogP) is 1.07. The lowest BCUT2D eigenvalue weighted by Crippen LogP contribution is -2.39. The van der Waals surface area contributed by atoms with Gasteiger partial charge in [-0.3, -0.25) is 9.11 Å². The highest BCUT2D eigenvalue weighted by molar-refractivity contribution is 8.24. The molecular weight excluding hydrogens is 292 g/mol. The average molecular weight is 314 g/mol. The fourth-order valence-corrected chi connectivity index (χ4v) is 3.89. The zero-order chi connectivity index (χ0) is 14.9. The van der Waals surface area contributed by atoms with E-state index in [0.29, 0.717) is 43.5 Å². The van der Waals surface area contributed by atoms with Crippen LogP contribution < -0.4 is 15.5 Å². The first-order chi connectivity index (χ1) is 10.1. The highest BCUT2D eigenvalue weighted by atomic mass is 32.3. The number of hydrogen-bond acceptors (Lipinski definition) is 7. The summed E-state index contributed by atoms with van der Waals surface area (Å²) in [6.45, 7) is 4.27. The molecule has 4 N–H and O–H groups in total. The molecule has 2 aliphatic heterocycles. The lowest BCUT2D eigenvalue weighted by atomic mass is 10.3. The van der Waals surface area contributed by atoms with Crippen molar-refractivity contribution in [3.8, 4) is 0 Å². The molecule has 0 bridgehead atoms. The molecule has 0 amide bonds. The number of nitrogens with zero attached hydrogens (tertiary/aromatic N) is 3. The van der Waals surface area contributed by atoms with E-state index in [9.17, 15) is 9.11 Å². The van der Waals surface area contributed by atoms with Gasteiger partial charge in [-0.05, 0) is 6.07 Å². The van der Waals surface area contributed by atoms with Crippen molar-refractivity contribution in [2.45, 2.75) is 0 Å². The van der Waals surface area contributed by atoms with E-state index in [1.54, 1.807) is 0 Å². The number of morpholine rings is 1. The lowest BCUT2D eigenvalue weighted by Gasteiger charge is -2.41. The van der Waals surface area contributed by atoms with Crippen LogP contribution in [-0.2, 0) is 4.74 Å². The van der Waals surface area contributed by atoms with E-state index in [1.807, 2.05) is 12.3 Å². The van der Waals surface area contributed by atoms with Gasteiger partial charge < -0.3 is 20.3 Å². The molecule has 0 atom stereocenters. The number of aromatic nitrogens is 1. The molecule has 2 fully saturated rings. The van der Waals surface area contributed by atoms with Crippen molar-refractivity contribution in [2.24, 2.45) is 0 Å². The number of anilines is 3. The topological polar surface area (TPSA) is 95.1 Å². The SMILES string of the molecule is Nc1cc(N2CCS(O)(O)CC2)cnc1N1CCOCC1. The van der Waals surface area contributed by atoms with Crippen molar-refractivity contribution in [2.75, 3.05) is 66.4 Å². The minimum absolute atomic E-state index is 0.415. The van der Waals surface area contributed by atoms with E-state index in [4.69, 9.17) is 10.5 Å². The maximum Gasteiger partial charge on any atom is 0.152 e. The summed E-state index contributed by atoms with van der Waals surface area (Å²) < 4.78 is 24.7. The summed E-state index contributed by atoms with van der Waals surface area (Å²) in [5.41, 5.74) is 7.75. The van der Waals surface area contributed by atoms with E-state index >= 15 is 0 Å². The highest BCUT2D eigenvalue weighted by Gasteiger charge is 2.23. The second-order valence-electron chi connectivity index (χ2n) is 5.40. The Morgan fingerprint density at radius 1 is 1.10 bits per heavy atom. The maximum atomic E-state index is 9.66. The molecule has 118 valence electrons. The van der Waals surface area contributed by atoms with Gasteiger partial charge in [0.15, 0.2) is 5.82 Å². The van der Waals surface area contributed by atoms with Gasteiger partial charge in [-0.25, -0.2) is 4.98 Å². The van der Waals surface area contributed by atoms with Crippen molar-refractivity contribution < 1.29 is 13.8 Å². The standard InChI is InChI=1S/C13H22N4O3S/c14-12-9-11(16-3-7-21(18,19)8-4-16)10-15-13(12)17-1-5-20-6-2-17/h9-10,18-19H,1-8,14H2. The third-order valence-electron chi connectivity index (χ3n) is 3.93. The zero-order valence-corrected chi connectivity index (χ0v) is 12.8. The second-order valence-corrected chi connectivity index (χ2v) is 7.82. The Kier molecular flexibility index (Phi) is 4.12. The Balaban J connectivity index is 1.72. The molecular formula is C13H22N4O3S. The minimum Gasteiger partial charge on any atom is -0.396 e. The van der Waals surface area contributed by atoms with Crippen molar-refractivity contribution in [1.82, 2.24) is 4.98 Å². The number of pyridine rings is 1. The van der Waals surface area contributed by atoms with Gasteiger partial charge in [0.05, 0.1) is 42.3 Å². The first kappa shape index (κ1) is 14.7. The summed E-state index contributed by atoms with van der Waals surface area (Å²) in [6, 6.07) is 1.93. The molecule has 0 saturated carbocycles. The summed E-state index contributed by atoms with van der Waals surface area (Å²) in [5, 5.41) is 0. The fraction of sp³-hybridized carbons (Fsp3) is 0.615. The Labute approximate surface area is 126 Å². The first-order valence-electron chi connectivity index (χ1n) is 7.12. The van der Waals surface area contributed by atoms with Gasteiger partial charge in [0, 0.05) is 26.2 Å². The normalized spacial score (nSPS) is 23.9. The number of nitrogens with two attached hydrogens (primary N) is 1. The largest absolute Gasteiger partial charge is 0.396 e. The molecule has 8 heteroatoms. The van der Waals surface area contributed by atoms with Gasteiger partial charge in [0.2, 0.25) is 0 Å². The fourth-order valence-electron chi connectivity index (χ4n) is 2.66. The first-order valence-corrected chi connectivity index (χ1v) is 9.00. The van der Waals surface area contributed by atoms with Crippen LogP contribution in [0.25, 0.3) is 0 Å². The quantitative estimate of drug-likeness (QED) is 0.751. The van der Waals surface area contributed by atoms with Gasteiger partial charge in [-0.2, -0.15) is 10.6 Å². The van der Waals surface area contributed by atoms with E-state index in [-0.39, 0.29) is 0 Å². The Hall–Kier alpha value is -1.22. The van der Waals surface area contributed by atoms with Crippen LogP contribution in [0.15, 0.2) is 12.3 Å². The van der Waals surface area contributed by atoms with Crippen LogP contribution in [-0.4, -0.2) is 65.0 Å². The van der Waals surface area contributed by atoms with Crippen molar-refractivity contribution in [3.05, 3.63) is 12.3 Å². The molecule has 0 aliphatic carbocycles. The van der Waals surface area contributed by atoms with Crippen LogP contribution in [0.3, 0.4) is 0 Å². The highest BCUT2D eigenvalue weighted by Crippen LogP contribution is 2.41. The van der Waals surface area contributed by atoms with Gasteiger partial charge in [-0.15, -0.1) is 0 Å². The average Bonchev–Trinajstić information content (AvgIpc) is 2.48. The van der Waals surface area contributed by atoms with E-state index in [2.05, 4.69) is 14.8 Å². The molecule has 0 spiro atoms. The van der Waals surface area contributed by atoms with Crippen molar-refractivity contribution in [3.63, 3.8) is 0 Å². The third kappa shape index (κ3) is 3.34. The molecule has 0 radical (unpaired) electrons. The molecule has 1 aromatic rings. The zero-order valence-electron chi connectivity index (χ0n) is 11.9. The van der Waals surface area contributed by atoms with Crippen LogP contribution in [0.4, 0.5) is 17.2 Å². The predicted molar refractivity (Wildman–Crippen MR) is 86.5 cm³/mol. The van der Waals surface area contributed by atoms with Crippen molar-refractivity contribution >= 4 is 27.8 Å². The summed E-state index contributed by atoms with van der Waals surface area (Å²) in [4.78, 5) is 8.73. The van der Waals surface area contributed by atoms with Gasteiger partial charge >= 0.3 is 0 Å². The Morgan fingerprint density at radius 3 is 2.38 bits per heavy atom. The summed E-state index contributed by atoms with van der Waals surface area (Å²) in [6.07, 6.45) is 1.82. The molecule has 0 unspecified atom stereocenters. The molecule has 2 saturated heterocycles. The number of rotatable bonds is 2. The smallest absolute Gasteiger partial charge is 0.152 e. The van der Waals surface area contributed by atoms with Gasteiger partial charge in [0.25, 0.3) is 0 Å². The van der Waals surface area contributed by atoms with E-state index in [1.165, 1.54) is 0 Å². The van der Waals surface area contributed by atoms with Gasteiger partial charge in [0.1, 0.15) is 0 Å². The molecule has 7 nitrogen and oxygen atoms in total. The summed E-state index contributed by atoms with van der Waals surface area (Å²) >= 11 is 0. The van der Waals surface area contributed by atoms with E-state index < -0.39 is 10.6 Å². The Bertz CT molecular complexity index is 498. The molecule has 3 heterocycles. The molecule has 1 aromatic heterocycles. The third-order valence-corrected chi connectivity index (χ3v) is 5.61. The Morgan fingerprint density at radius 2 is 1.76 bits per heavy atom. The monoisotopic (exact) mass is 314 g/mol. The van der Waals surface area contributed by atoms with Crippen LogP contribution in [0.5, 0.6) is 0 Å². The second kappa shape index (κ2) is 5.88. The van der Waals surface area contributed by atoms with Crippen LogP contribution in [0, 0.1) is 0 Å². The summed E-state index contributed by atoms with van der Waals surface area (Å²) in [5.74, 6) is 1.64. The van der Waals surface area contributed by atoms with Crippen LogP contribution in [0.2, 0.25) is 0 Å². The molecule has 0 aromatic carbocycles. The lowest BCUT2D eigenvalue weighted by molar-refractivity contribution is 0.122. The molecule has 3 rings (SSSR count).